The molecular formula is C21H27N5O4S. The smallest absolute Gasteiger partial charge is 0.274 e. The fourth-order valence-electron chi connectivity index (χ4n) is 4.17. The Labute approximate surface area is 182 Å². The number of nitrogens with zero attached hydrogens (tertiary/aromatic N) is 4. The van der Waals surface area contributed by atoms with Gasteiger partial charge in [-0.25, -0.2) is 8.42 Å². The van der Waals surface area contributed by atoms with Gasteiger partial charge in [-0.15, -0.1) is 0 Å². The van der Waals surface area contributed by atoms with E-state index < -0.39 is 10.0 Å². The number of hydrogen-bond acceptors (Lipinski definition) is 5. The molecular weight excluding hydrogens is 418 g/mol. The Morgan fingerprint density at radius 1 is 1.03 bits per heavy atom. The average molecular weight is 446 g/mol. The van der Waals surface area contributed by atoms with Crippen LogP contribution in [0.15, 0.2) is 29.2 Å². The first kappa shape index (κ1) is 21.5. The highest BCUT2D eigenvalue weighted by Crippen LogP contribution is 2.24. The number of rotatable bonds is 4. The summed E-state index contributed by atoms with van der Waals surface area (Å²) in [5, 5.41) is 7.10. The van der Waals surface area contributed by atoms with Crippen molar-refractivity contribution in [1.29, 1.82) is 0 Å². The monoisotopic (exact) mass is 445 g/mol. The van der Waals surface area contributed by atoms with Crippen LogP contribution < -0.4 is 5.32 Å². The molecule has 3 heterocycles. The largest absolute Gasteiger partial charge is 0.335 e. The number of nitrogens with one attached hydrogen (secondary N) is 1. The van der Waals surface area contributed by atoms with E-state index in [2.05, 4.69) is 10.4 Å². The lowest BCUT2D eigenvalue weighted by molar-refractivity contribution is -0.114. The van der Waals surface area contributed by atoms with Crippen LogP contribution in [0.2, 0.25) is 0 Å². The minimum Gasteiger partial charge on any atom is -0.335 e. The van der Waals surface area contributed by atoms with Gasteiger partial charge >= 0.3 is 0 Å². The van der Waals surface area contributed by atoms with Gasteiger partial charge in [0.05, 0.1) is 4.90 Å². The fraction of sp³-hybridized carbons (Fsp3) is 0.476. The summed E-state index contributed by atoms with van der Waals surface area (Å²) in [5.41, 5.74) is 2.65. The number of carbonyl (C=O) groups is 2. The fourth-order valence-corrected chi connectivity index (χ4v) is 5.80. The molecule has 0 bridgehead atoms. The average Bonchev–Trinajstić information content (AvgIpc) is 3.17. The normalized spacial score (nSPS) is 17.3. The number of carbonyl (C=O) groups excluding carboxylic acids is 2. The van der Waals surface area contributed by atoms with Crippen LogP contribution in [0.4, 0.5) is 5.69 Å². The van der Waals surface area contributed by atoms with E-state index in [1.807, 2.05) is 10.7 Å². The molecule has 0 aliphatic carbocycles. The predicted molar refractivity (Wildman–Crippen MR) is 115 cm³/mol. The van der Waals surface area contributed by atoms with E-state index in [4.69, 9.17) is 0 Å². The summed E-state index contributed by atoms with van der Waals surface area (Å²) in [6.07, 6.45) is 3.12. The molecule has 1 aromatic carbocycles. The maximum atomic E-state index is 13.1. The minimum absolute atomic E-state index is 0.144. The second kappa shape index (κ2) is 8.43. The first-order chi connectivity index (χ1) is 14.8. The highest BCUT2D eigenvalue weighted by molar-refractivity contribution is 7.89. The van der Waals surface area contributed by atoms with Crippen LogP contribution in [0.3, 0.4) is 0 Å². The van der Waals surface area contributed by atoms with Crippen molar-refractivity contribution in [3.63, 3.8) is 0 Å². The molecule has 1 fully saturated rings. The van der Waals surface area contributed by atoms with Gasteiger partial charge in [0, 0.05) is 51.0 Å². The number of aryl methyl sites for hydroxylation is 3. The van der Waals surface area contributed by atoms with Gasteiger partial charge in [0.2, 0.25) is 15.9 Å². The molecule has 10 heteroatoms. The zero-order valence-corrected chi connectivity index (χ0v) is 18.6. The Morgan fingerprint density at radius 2 is 1.77 bits per heavy atom. The second-order valence-corrected chi connectivity index (χ2v) is 9.97. The van der Waals surface area contributed by atoms with Crippen molar-refractivity contribution in [1.82, 2.24) is 19.0 Å². The molecule has 0 spiro atoms. The summed E-state index contributed by atoms with van der Waals surface area (Å²) in [7, 11) is -3.69. The van der Waals surface area contributed by atoms with E-state index in [9.17, 15) is 18.0 Å². The topological polar surface area (TPSA) is 105 Å². The van der Waals surface area contributed by atoms with Gasteiger partial charge in [0.1, 0.15) is 0 Å². The zero-order valence-electron chi connectivity index (χ0n) is 17.8. The first-order valence-corrected chi connectivity index (χ1v) is 11.9. The molecule has 0 radical (unpaired) electrons. The zero-order chi connectivity index (χ0) is 22.2. The van der Waals surface area contributed by atoms with Gasteiger partial charge in [-0.1, -0.05) is 0 Å². The Hall–Kier alpha value is -2.72. The molecule has 0 saturated carbocycles. The van der Waals surface area contributed by atoms with Crippen LogP contribution in [0, 0.1) is 6.92 Å². The van der Waals surface area contributed by atoms with E-state index in [0.717, 1.165) is 31.5 Å². The standard InChI is InChI=1S/C21H27N5O4S/c1-15-13-17(22-16(2)27)6-7-20(15)31(29,30)25-11-9-24(10-12-25)21(28)19-14-18-5-3-4-8-26(18)23-19/h6-7,13-14H,3-5,8-12H2,1-2H3,(H,22,27). The van der Waals surface area contributed by atoms with Crippen molar-refractivity contribution in [2.45, 2.75) is 44.6 Å². The Morgan fingerprint density at radius 3 is 2.42 bits per heavy atom. The molecule has 1 aromatic heterocycles. The molecule has 2 aromatic rings. The molecule has 2 amide bonds. The molecule has 2 aliphatic heterocycles. The van der Waals surface area contributed by atoms with Crippen molar-refractivity contribution in [3.8, 4) is 0 Å². The molecule has 9 nitrogen and oxygen atoms in total. The van der Waals surface area contributed by atoms with Crippen molar-refractivity contribution >= 4 is 27.5 Å². The number of benzene rings is 1. The van der Waals surface area contributed by atoms with Crippen LogP contribution in [0.5, 0.6) is 0 Å². The number of amides is 2. The van der Waals surface area contributed by atoms with Crippen LogP contribution in [0.1, 0.15) is 41.5 Å². The third-order valence-corrected chi connectivity index (χ3v) is 7.83. The molecule has 166 valence electrons. The van der Waals surface area contributed by atoms with Gasteiger partial charge in [-0.2, -0.15) is 9.40 Å². The van der Waals surface area contributed by atoms with E-state index >= 15 is 0 Å². The number of sulfonamides is 1. The predicted octanol–water partition coefficient (Wildman–Crippen LogP) is 1.63. The first-order valence-electron chi connectivity index (χ1n) is 10.5. The molecule has 31 heavy (non-hydrogen) atoms. The summed E-state index contributed by atoms with van der Waals surface area (Å²) in [6.45, 7) is 5.06. The molecule has 0 atom stereocenters. The van der Waals surface area contributed by atoms with E-state index in [1.54, 1.807) is 24.0 Å². The quantitative estimate of drug-likeness (QED) is 0.770. The molecule has 1 saturated heterocycles. The molecule has 4 rings (SSSR count). The van der Waals surface area contributed by atoms with Crippen molar-refractivity contribution < 1.29 is 18.0 Å². The molecule has 0 unspecified atom stereocenters. The third-order valence-electron chi connectivity index (χ3n) is 5.77. The Bertz CT molecular complexity index is 1090. The number of piperazine rings is 1. The lowest BCUT2D eigenvalue weighted by atomic mass is 10.1. The van der Waals surface area contributed by atoms with Gasteiger partial charge in [0.25, 0.3) is 5.91 Å². The summed E-state index contributed by atoms with van der Waals surface area (Å²) >= 11 is 0. The van der Waals surface area contributed by atoms with Crippen LogP contribution >= 0.6 is 0 Å². The second-order valence-electron chi connectivity index (χ2n) is 8.06. The van der Waals surface area contributed by atoms with Crippen molar-refractivity contribution in [3.05, 3.63) is 41.2 Å². The summed E-state index contributed by atoms with van der Waals surface area (Å²) in [6, 6.07) is 6.61. The van der Waals surface area contributed by atoms with Gasteiger partial charge in [-0.05, 0) is 56.0 Å². The van der Waals surface area contributed by atoms with E-state index in [-0.39, 0.29) is 29.8 Å². The number of hydrogen-bond donors (Lipinski definition) is 1. The highest BCUT2D eigenvalue weighted by atomic mass is 32.2. The lowest BCUT2D eigenvalue weighted by Crippen LogP contribution is -2.50. The van der Waals surface area contributed by atoms with Crippen LogP contribution in [-0.4, -0.2) is 65.4 Å². The summed E-state index contributed by atoms with van der Waals surface area (Å²) in [5.74, 6) is -0.357. The van der Waals surface area contributed by atoms with Gasteiger partial charge in [-0.3, -0.25) is 14.3 Å². The number of anilines is 1. The van der Waals surface area contributed by atoms with Crippen LogP contribution in [-0.2, 0) is 27.8 Å². The summed E-state index contributed by atoms with van der Waals surface area (Å²) in [4.78, 5) is 26.0. The van der Waals surface area contributed by atoms with Crippen molar-refractivity contribution in [2.24, 2.45) is 0 Å². The third kappa shape index (κ3) is 4.35. The molecule has 2 aliphatic rings. The summed E-state index contributed by atoms with van der Waals surface area (Å²) < 4.78 is 29.6. The van der Waals surface area contributed by atoms with Crippen molar-refractivity contribution in [2.75, 3.05) is 31.5 Å². The Kier molecular flexibility index (Phi) is 5.85. The maximum Gasteiger partial charge on any atom is 0.274 e. The molecule has 1 N–H and O–H groups in total. The minimum atomic E-state index is -3.69. The van der Waals surface area contributed by atoms with E-state index in [0.29, 0.717) is 30.0 Å². The highest BCUT2D eigenvalue weighted by Gasteiger charge is 2.32. The van der Waals surface area contributed by atoms with Gasteiger partial charge in [0.15, 0.2) is 5.69 Å². The SMILES string of the molecule is CC(=O)Nc1ccc(S(=O)(=O)N2CCN(C(=O)c3cc4n(n3)CCCC4)CC2)c(C)c1. The van der Waals surface area contributed by atoms with Gasteiger partial charge < -0.3 is 10.2 Å². The van der Waals surface area contributed by atoms with Crippen LogP contribution in [0.25, 0.3) is 0 Å². The number of fused-ring (bicyclic) bond motifs is 1. The number of aromatic nitrogens is 2. The lowest BCUT2D eigenvalue weighted by Gasteiger charge is -2.34. The van der Waals surface area contributed by atoms with E-state index in [1.165, 1.54) is 17.3 Å². The Balaban J connectivity index is 1.43. The maximum absolute atomic E-state index is 13.1.